The van der Waals surface area contributed by atoms with Crippen LogP contribution in [0, 0.1) is 0 Å². The molecule has 0 bridgehead atoms. The third kappa shape index (κ3) is 4.40. The van der Waals surface area contributed by atoms with Gasteiger partial charge in [0, 0.05) is 25.3 Å². The van der Waals surface area contributed by atoms with Gasteiger partial charge in [-0.2, -0.15) is 0 Å². The third-order valence-corrected chi connectivity index (χ3v) is 6.56. The molecule has 6 nitrogen and oxygen atoms in total. The van der Waals surface area contributed by atoms with Crippen LogP contribution in [0.2, 0.25) is 0 Å². The Hall–Kier alpha value is -2.54. The first-order valence-corrected chi connectivity index (χ1v) is 11.0. The van der Waals surface area contributed by atoms with E-state index in [-0.39, 0.29) is 30.2 Å². The van der Waals surface area contributed by atoms with E-state index >= 15 is 0 Å². The molecule has 7 heteroatoms. The molecule has 2 saturated heterocycles. The van der Waals surface area contributed by atoms with Crippen molar-refractivity contribution >= 4 is 23.8 Å². The normalized spacial score (nSPS) is 22.6. The van der Waals surface area contributed by atoms with Gasteiger partial charge in [0.2, 0.25) is 5.91 Å². The fourth-order valence-electron chi connectivity index (χ4n) is 4.10. The van der Waals surface area contributed by atoms with Crippen molar-refractivity contribution in [2.45, 2.75) is 43.0 Å². The molecular formula is C22H25N3O3S. The number of piperidine rings is 1. The van der Waals surface area contributed by atoms with E-state index in [0.29, 0.717) is 18.8 Å². The van der Waals surface area contributed by atoms with Crippen LogP contribution >= 0.6 is 11.8 Å². The summed E-state index contributed by atoms with van der Waals surface area (Å²) >= 11 is 1.46. The van der Waals surface area contributed by atoms with Crippen molar-refractivity contribution in [3.63, 3.8) is 0 Å². The van der Waals surface area contributed by atoms with E-state index in [1.807, 2.05) is 65.3 Å². The van der Waals surface area contributed by atoms with Crippen molar-refractivity contribution in [3.05, 3.63) is 60.3 Å². The Morgan fingerprint density at radius 3 is 2.55 bits per heavy atom. The Labute approximate surface area is 175 Å². The number of ether oxygens (including phenoxy) is 1. The number of nitrogens with zero attached hydrogens (tertiary/aromatic N) is 3. The molecule has 0 saturated carbocycles. The lowest BCUT2D eigenvalue weighted by atomic mass is 9.98. The highest BCUT2D eigenvalue weighted by atomic mass is 32.2. The van der Waals surface area contributed by atoms with Crippen molar-refractivity contribution in [1.29, 1.82) is 0 Å². The Bertz CT molecular complexity index is 841. The van der Waals surface area contributed by atoms with Gasteiger partial charge < -0.3 is 9.64 Å². The van der Waals surface area contributed by atoms with Gasteiger partial charge in [-0.15, -0.1) is 0 Å². The predicted octanol–water partition coefficient (Wildman–Crippen LogP) is 3.75. The summed E-state index contributed by atoms with van der Waals surface area (Å²) in [5, 5.41) is 0.858. The number of thioether (sulfide) groups is 1. The van der Waals surface area contributed by atoms with Gasteiger partial charge in [0.05, 0.1) is 16.8 Å². The molecule has 0 N–H and O–H groups in total. The highest BCUT2D eigenvalue weighted by molar-refractivity contribution is 7.99. The fourth-order valence-corrected chi connectivity index (χ4v) is 4.87. The average molecular weight is 412 g/mol. The molecule has 0 radical (unpaired) electrons. The number of benzene rings is 1. The summed E-state index contributed by atoms with van der Waals surface area (Å²) in [6, 6.07) is 15.7. The van der Waals surface area contributed by atoms with Crippen molar-refractivity contribution in [1.82, 2.24) is 14.8 Å². The molecule has 4 rings (SSSR count). The molecular weight excluding hydrogens is 386 g/mol. The maximum atomic E-state index is 12.6. The zero-order valence-corrected chi connectivity index (χ0v) is 17.3. The first-order valence-electron chi connectivity index (χ1n) is 9.99. The van der Waals surface area contributed by atoms with Gasteiger partial charge in [-0.3, -0.25) is 9.69 Å². The monoisotopic (exact) mass is 411 g/mol. The number of likely N-dealkylation sites (tertiary alicyclic amines) is 1. The number of carbonyl (C=O) groups is 2. The minimum atomic E-state index is -0.248. The molecule has 2 amide bonds. The second-order valence-electron chi connectivity index (χ2n) is 7.43. The maximum Gasteiger partial charge on any atom is 0.411 e. The van der Waals surface area contributed by atoms with Gasteiger partial charge in [-0.1, -0.05) is 48.2 Å². The minimum absolute atomic E-state index is 0.0168. The first kappa shape index (κ1) is 19.8. The standard InChI is InChI=1S/C22H25N3O3S/c1-16-21(17-7-3-2-4-8-17)28-22(27)25(16)18-10-13-24(14-11-18)20(26)15-29-19-9-5-6-12-23-19/h2-9,12,16,18,21H,10-11,13-15H2,1H3. The zero-order valence-electron chi connectivity index (χ0n) is 16.4. The number of cyclic esters (lactones) is 1. The van der Waals surface area contributed by atoms with Crippen molar-refractivity contribution in [3.8, 4) is 0 Å². The largest absolute Gasteiger partial charge is 0.439 e. The molecule has 1 aromatic carbocycles. The van der Waals surface area contributed by atoms with Crippen LogP contribution in [0.5, 0.6) is 0 Å². The molecule has 2 unspecified atom stereocenters. The van der Waals surface area contributed by atoms with Crippen LogP contribution in [-0.2, 0) is 9.53 Å². The van der Waals surface area contributed by atoms with E-state index in [4.69, 9.17) is 4.74 Å². The first-order chi connectivity index (χ1) is 14.1. The van der Waals surface area contributed by atoms with Crippen LogP contribution < -0.4 is 0 Å². The summed E-state index contributed by atoms with van der Waals surface area (Å²) in [4.78, 5) is 33.1. The molecule has 2 atom stereocenters. The lowest BCUT2D eigenvalue weighted by molar-refractivity contribution is -0.129. The van der Waals surface area contributed by atoms with E-state index in [9.17, 15) is 9.59 Å². The van der Waals surface area contributed by atoms with Gasteiger partial charge in [-0.05, 0) is 37.5 Å². The molecule has 0 spiro atoms. The molecule has 2 aliphatic heterocycles. The molecule has 2 aromatic rings. The second-order valence-corrected chi connectivity index (χ2v) is 8.43. The van der Waals surface area contributed by atoms with Crippen LogP contribution in [0.1, 0.15) is 31.4 Å². The average Bonchev–Trinajstić information content (AvgIpc) is 3.07. The summed E-state index contributed by atoms with van der Waals surface area (Å²) in [6.45, 7) is 3.38. The fraction of sp³-hybridized carbons (Fsp3) is 0.409. The SMILES string of the molecule is CC1C(c2ccccc2)OC(=O)N1C1CCN(C(=O)CSc2ccccn2)CC1. The molecule has 0 aliphatic carbocycles. The topological polar surface area (TPSA) is 62.7 Å². The number of hydrogen-bond donors (Lipinski definition) is 0. The van der Waals surface area contributed by atoms with Gasteiger partial charge >= 0.3 is 6.09 Å². The molecule has 29 heavy (non-hydrogen) atoms. The molecule has 2 fully saturated rings. The Kier molecular flexibility index (Phi) is 6.04. The predicted molar refractivity (Wildman–Crippen MR) is 112 cm³/mol. The number of hydrogen-bond acceptors (Lipinski definition) is 5. The Morgan fingerprint density at radius 1 is 1.14 bits per heavy atom. The summed E-state index contributed by atoms with van der Waals surface area (Å²) in [5.74, 6) is 0.512. The van der Waals surface area contributed by atoms with E-state index in [2.05, 4.69) is 4.98 Å². The van der Waals surface area contributed by atoms with E-state index in [1.165, 1.54) is 11.8 Å². The van der Waals surface area contributed by atoms with E-state index in [1.54, 1.807) is 6.20 Å². The van der Waals surface area contributed by atoms with Crippen LogP contribution in [0.15, 0.2) is 59.8 Å². The number of rotatable bonds is 5. The quantitative estimate of drug-likeness (QED) is 0.702. The van der Waals surface area contributed by atoms with Gasteiger partial charge in [0.1, 0.15) is 6.10 Å². The zero-order chi connectivity index (χ0) is 20.2. The molecule has 3 heterocycles. The van der Waals surface area contributed by atoms with Gasteiger partial charge in [-0.25, -0.2) is 9.78 Å². The van der Waals surface area contributed by atoms with Crippen LogP contribution in [0.4, 0.5) is 4.79 Å². The van der Waals surface area contributed by atoms with E-state index < -0.39 is 0 Å². The van der Waals surface area contributed by atoms with Crippen LogP contribution in [0.3, 0.4) is 0 Å². The smallest absolute Gasteiger partial charge is 0.411 e. The van der Waals surface area contributed by atoms with E-state index in [0.717, 1.165) is 23.4 Å². The summed E-state index contributed by atoms with van der Waals surface area (Å²) in [7, 11) is 0. The second kappa shape index (κ2) is 8.86. The Balaban J connectivity index is 1.31. The molecule has 2 aliphatic rings. The highest BCUT2D eigenvalue weighted by Gasteiger charge is 2.44. The van der Waals surface area contributed by atoms with Crippen LogP contribution in [0.25, 0.3) is 0 Å². The summed E-state index contributed by atoms with van der Waals surface area (Å²) in [5.41, 5.74) is 1.02. The van der Waals surface area contributed by atoms with Crippen molar-refractivity contribution < 1.29 is 14.3 Å². The minimum Gasteiger partial charge on any atom is -0.439 e. The number of pyridine rings is 1. The lowest BCUT2D eigenvalue weighted by Gasteiger charge is -2.37. The summed E-state index contributed by atoms with van der Waals surface area (Å²) < 4.78 is 5.68. The van der Waals surface area contributed by atoms with Crippen LogP contribution in [-0.4, -0.2) is 57.7 Å². The third-order valence-electron chi connectivity index (χ3n) is 5.64. The number of carbonyl (C=O) groups excluding carboxylic acids is 2. The van der Waals surface area contributed by atoms with Gasteiger partial charge in [0.15, 0.2) is 0 Å². The lowest BCUT2D eigenvalue weighted by Crippen LogP contribution is -2.49. The van der Waals surface area contributed by atoms with Crippen molar-refractivity contribution in [2.24, 2.45) is 0 Å². The maximum absolute atomic E-state index is 12.6. The molecule has 152 valence electrons. The van der Waals surface area contributed by atoms with Gasteiger partial charge in [0.25, 0.3) is 0 Å². The summed E-state index contributed by atoms with van der Waals surface area (Å²) in [6.07, 6.45) is 2.80. The Morgan fingerprint density at radius 2 is 1.86 bits per heavy atom. The van der Waals surface area contributed by atoms with Crippen molar-refractivity contribution in [2.75, 3.05) is 18.8 Å². The number of aromatic nitrogens is 1. The number of amides is 2. The molecule has 1 aromatic heterocycles. The highest BCUT2D eigenvalue weighted by Crippen LogP contribution is 2.35.